The molecule has 5 heteroatoms. The van der Waals surface area contributed by atoms with Crippen molar-refractivity contribution in [3.05, 3.63) is 42.2 Å². The van der Waals surface area contributed by atoms with Gasteiger partial charge in [-0.25, -0.2) is 0 Å². The number of hydrogen-bond acceptors (Lipinski definition) is 4. The molecule has 5 nitrogen and oxygen atoms in total. The van der Waals surface area contributed by atoms with E-state index in [4.69, 9.17) is 10.3 Å². The zero-order chi connectivity index (χ0) is 13.9. The van der Waals surface area contributed by atoms with Crippen LogP contribution in [0.25, 0.3) is 11.3 Å². The van der Waals surface area contributed by atoms with Crippen molar-refractivity contribution >= 4 is 5.91 Å². The van der Waals surface area contributed by atoms with Crippen molar-refractivity contribution in [1.82, 2.24) is 10.5 Å². The lowest BCUT2D eigenvalue weighted by atomic mass is 10.1. The molecule has 2 rings (SSSR count). The highest BCUT2D eigenvalue weighted by atomic mass is 16.5. The van der Waals surface area contributed by atoms with Crippen molar-refractivity contribution in [3.63, 3.8) is 0 Å². The third-order valence-corrected chi connectivity index (χ3v) is 2.51. The molecule has 0 atom stereocenters. The number of amides is 1. The van der Waals surface area contributed by atoms with Gasteiger partial charge in [-0.05, 0) is 13.8 Å². The SMILES string of the molecule is CC(C)(N)CNC(=O)c1cc(-c2ccccc2)no1. The number of carbonyl (C=O) groups excluding carboxylic acids is 1. The van der Waals surface area contributed by atoms with Gasteiger partial charge in [-0.1, -0.05) is 35.5 Å². The number of benzene rings is 1. The molecule has 0 fully saturated rings. The average Bonchev–Trinajstić information content (AvgIpc) is 2.86. The number of nitrogens with two attached hydrogens (primary N) is 1. The van der Waals surface area contributed by atoms with Gasteiger partial charge in [0.25, 0.3) is 5.91 Å². The van der Waals surface area contributed by atoms with Crippen LogP contribution >= 0.6 is 0 Å². The fourth-order valence-electron chi connectivity index (χ4n) is 1.52. The average molecular weight is 259 g/mol. The summed E-state index contributed by atoms with van der Waals surface area (Å²) in [6.45, 7) is 4.04. The maximum atomic E-state index is 11.8. The number of nitrogens with one attached hydrogen (secondary N) is 1. The van der Waals surface area contributed by atoms with Crippen molar-refractivity contribution in [1.29, 1.82) is 0 Å². The fraction of sp³-hybridized carbons (Fsp3) is 0.286. The Balaban J connectivity index is 2.07. The number of hydrogen-bond donors (Lipinski definition) is 2. The second-order valence-electron chi connectivity index (χ2n) is 5.11. The Kier molecular flexibility index (Phi) is 3.66. The summed E-state index contributed by atoms with van der Waals surface area (Å²) in [5, 5.41) is 6.59. The zero-order valence-electron chi connectivity index (χ0n) is 11.0. The second-order valence-corrected chi connectivity index (χ2v) is 5.11. The Morgan fingerprint density at radius 1 is 1.37 bits per heavy atom. The van der Waals surface area contributed by atoms with E-state index >= 15 is 0 Å². The van der Waals surface area contributed by atoms with Crippen LogP contribution in [0.4, 0.5) is 0 Å². The maximum absolute atomic E-state index is 11.8. The summed E-state index contributed by atoms with van der Waals surface area (Å²) in [5.74, 6) is -0.128. The van der Waals surface area contributed by atoms with Gasteiger partial charge in [0.15, 0.2) is 0 Å². The van der Waals surface area contributed by atoms with E-state index in [-0.39, 0.29) is 11.7 Å². The molecule has 2 aromatic rings. The first-order valence-electron chi connectivity index (χ1n) is 6.05. The summed E-state index contributed by atoms with van der Waals surface area (Å²) < 4.78 is 5.04. The Morgan fingerprint density at radius 2 is 2.05 bits per heavy atom. The topological polar surface area (TPSA) is 81.1 Å². The van der Waals surface area contributed by atoms with Crippen LogP contribution < -0.4 is 11.1 Å². The summed E-state index contributed by atoms with van der Waals surface area (Å²) in [7, 11) is 0. The number of rotatable bonds is 4. The van der Waals surface area contributed by atoms with E-state index in [2.05, 4.69) is 10.5 Å². The van der Waals surface area contributed by atoms with E-state index in [0.717, 1.165) is 5.56 Å². The number of carbonyl (C=O) groups is 1. The van der Waals surface area contributed by atoms with Gasteiger partial charge in [-0.3, -0.25) is 4.79 Å². The smallest absolute Gasteiger partial charge is 0.289 e. The molecule has 19 heavy (non-hydrogen) atoms. The molecule has 1 amide bonds. The van der Waals surface area contributed by atoms with Crippen LogP contribution in [-0.4, -0.2) is 23.1 Å². The van der Waals surface area contributed by atoms with Crippen LogP contribution in [-0.2, 0) is 0 Å². The predicted octanol–water partition coefficient (Wildman–Crippen LogP) is 1.81. The van der Waals surface area contributed by atoms with E-state index in [1.54, 1.807) is 6.07 Å². The molecule has 100 valence electrons. The van der Waals surface area contributed by atoms with E-state index < -0.39 is 5.54 Å². The molecule has 0 saturated heterocycles. The molecule has 0 aliphatic heterocycles. The minimum absolute atomic E-state index is 0.183. The highest BCUT2D eigenvalue weighted by molar-refractivity contribution is 5.92. The molecule has 0 radical (unpaired) electrons. The van der Waals surface area contributed by atoms with Crippen molar-refractivity contribution in [2.75, 3.05) is 6.54 Å². The van der Waals surface area contributed by atoms with Crippen molar-refractivity contribution in [2.45, 2.75) is 19.4 Å². The van der Waals surface area contributed by atoms with Gasteiger partial charge in [0.05, 0.1) is 0 Å². The molecule has 0 unspecified atom stereocenters. The highest BCUT2D eigenvalue weighted by Crippen LogP contribution is 2.18. The maximum Gasteiger partial charge on any atom is 0.289 e. The molecule has 3 N–H and O–H groups in total. The summed E-state index contributed by atoms with van der Waals surface area (Å²) >= 11 is 0. The van der Waals surface area contributed by atoms with Crippen LogP contribution in [0.15, 0.2) is 40.9 Å². The fourth-order valence-corrected chi connectivity index (χ4v) is 1.52. The van der Waals surface area contributed by atoms with Gasteiger partial charge in [-0.15, -0.1) is 0 Å². The standard InChI is InChI=1S/C14H17N3O2/c1-14(2,15)9-16-13(18)12-8-11(17-19-12)10-6-4-3-5-7-10/h3-8H,9,15H2,1-2H3,(H,16,18). The van der Waals surface area contributed by atoms with E-state index in [0.29, 0.717) is 12.2 Å². The first-order chi connectivity index (χ1) is 8.96. The molecule has 1 heterocycles. The van der Waals surface area contributed by atoms with Crippen LogP contribution in [0.3, 0.4) is 0 Å². The van der Waals surface area contributed by atoms with Gasteiger partial charge in [0.1, 0.15) is 5.69 Å². The van der Waals surface area contributed by atoms with Gasteiger partial charge >= 0.3 is 0 Å². The third kappa shape index (κ3) is 3.66. The van der Waals surface area contributed by atoms with Gasteiger partial charge < -0.3 is 15.6 Å². The summed E-state index contributed by atoms with van der Waals surface area (Å²) in [4.78, 5) is 11.8. The third-order valence-electron chi connectivity index (χ3n) is 2.51. The van der Waals surface area contributed by atoms with Gasteiger partial charge in [0, 0.05) is 23.7 Å². The molecule has 0 spiro atoms. The predicted molar refractivity (Wildman–Crippen MR) is 72.5 cm³/mol. The van der Waals surface area contributed by atoms with Crippen LogP contribution in [0.1, 0.15) is 24.4 Å². The largest absolute Gasteiger partial charge is 0.350 e. The number of nitrogens with zero attached hydrogens (tertiary/aromatic N) is 1. The van der Waals surface area contributed by atoms with Crippen molar-refractivity contribution in [3.8, 4) is 11.3 Å². The first-order valence-corrected chi connectivity index (χ1v) is 6.05. The lowest BCUT2D eigenvalue weighted by Crippen LogP contribution is -2.45. The molecule has 0 aliphatic carbocycles. The molecule has 0 bridgehead atoms. The molecule has 0 aliphatic rings. The number of aromatic nitrogens is 1. The Bertz CT molecular complexity index is 556. The lowest BCUT2D eigenvalue weighted by molar-refractivity contribution is 0.0909. The van der Waals surface area contributed by atoms with E-state index in [9.17, 15) is 4.79 Å². The minimum atomic E-state index is -0.460. The molecule has 0 saturated carbocycles. The minimum Gasteiger partial charge on any atom is -0.350 e. The lowest BCUT2D eigenvalue weighted by Gasteiger charge is -2.18. The Hall–Kier alpha value is -2.14. The van der Waals surface area contributed by atoms with E-state index in [1.807, 2.05) is 44.2 Å². The Labute approximate surface area is 111 Å². The molecular weight excluding hydrogens is 242 g/mol. The summed E-state index contributed by atoms with van der Waals surface area (Å²) in [6, 6.07) is 11.2. The van der Waals surface area contributed by atoms with Crippen LogP contribution in [0.5, 0.6) is 0 Å². The zero-order valence-corrected chi connectivity index (χ0v) is 11.0. The first kappa shape index (κ1) is 13.3. The van der Waals surface area contributed by atoms with Crippen molar-refractivity contribution < 1.29 is 9.32 Å². The van der Waals surface area contributed by atoms with Crippen LogP contribution in [0, 0.1) is 0 Å². The van der Waals surface area contributed by atoms with E-state index in [1.165, 1.54) is 0 Å². The molecule has 1 aromatic heterocycles. The van der Waals surface area contributed by atoms with Gasteiger partial charge in [0.2, 0.25) is 5.76 Å². The normalized spacial score (nSPS) is 11.3. The Morgan fingerprint density at radius 3 is 2.68 bits per heavy atom. The van der Waals surface area contributed by atoms with Crippen LogP contribution in [0.2, 0.25) is 0 Å². The monoisotopic (exact) mass is 259 g/mol. The molecular formula is C14H17N3O2. The second kappa shape index (κ2) is 5.24. The highest BCUT2D eigenvalue weighted by Gasteiger charge is 2.17. The summed E-state index contributed by atoms with van der Waals surface area (Å²) in [6.07, 6.45) is 0. The molecule has 1 aromatic carbocycles. The van der Waals surface area contributed by atoms with Crippen molar-refractivity contribution in [2.24, 2.45) is 5.73 Å². The summed E-state index contributed by atoms with van der Waals surface area (Å²) in [5.41, 5.74) is 6.88. The quantitative estimate of drug-likeness (QED) is 0.877. The van der Waals surface area contributed by atoms with Gasteiger partial charge in [-0.2, -0.15) is 0 Å².